The Hall–Kier alpha value is -0.120. The SMILES string of the molecule is CCCCOCCOCC(CC)(CC)OCCCC. The molecule has 0 heterocycles. The van der Waals surface area contributed by atoms with Crippen molar-refractivity contribution in [2.75, 3.05) is 33.0 Å². The second kappa shape index (κ2) is 12.9. The standard InChI is InChI=1S/C16H34O3/c1-5-9-11-17-13-14-18-15-16(7-3,8-4)19-12-10-6-2/h5-15H2,1-4H3. The van der Waals surface area contributed by atoms with Gasteiger partial charge in [0.25, 0.3) is 0 Å². The van der Waals surface area contributed by atoms with Crippen LogP contribution in [0, 0.1) is 0 Å². The normalized spacial score (nSPS) is 12.0. The monoisotopic (exact) mass is 274 g/mol. The second-order valence-electron chi connectivity index (χ2n) is 5.11. The van der Waals surface area contributed by atoms with Crippen LogP contribution >= 0.6 is 0 Å². The third kappa shape index (κ3) is 9.42. The summed E-state index contributed by atoms with van der Waals surface area (Å²) in [6.45, 7) is 12.4. The molecule has 19 heavy (non-hydrogen) atoms. The molecule has 0 aromatic rings. The Kier molecular flexibility index (Phi) is 12.8. The average Bonchev–Trinajstić information content (AvgIpc) is 2.45. The lowest BCUT2D eigenvalue weighted by Gasteiger charge is -2.31. The Balaban J connectivity index is 3.74. The molecule has 0 bridgehead atoms. The van der Waals surface area contributed by atoms with E-state index in [9.17, 15) is 0 Å². The molecule has 3 heteroatoms. The maximum atomic E-state index is 6.05. The van der Waals surface area contributed by atoms with Crippen LogP contribution in [0.5, 0.6) is 0 Å². The fraction of sp³-hybridized carbons (Fsp3) is 1.00. The number of hydrogen-bond acceptors (Lipinski definition) is 3. The Morgan fingerprint density at radius 1 is 0.684 bits per heavy atom. The topological polar surface area (TPSA) is 27.7 Å². The van der Waals surface area contributed by atoms with Crippen molar-refractivity contribution < 1.29 is 14.2 Å². The largest absolute Gasteiger partial charge is 0.379 e. The fourth-order valence-electron chi connectivity index (χ4n) is 1.86. The number of unbranched alkanes of at least 4 members (excludes halogenated alkanes) is 2. The van der Waals surface area contributed by atoms with E-state index in [1.807, 2.05) is 0 Å². The van der Waals surface area contributed by atoms with Crippen molar-refractivity contribution in [1.29, 1.82) is 0 Å². The summed E-state index contributed by atoms with van der Waals surface area (Å²) in [4.78, 5) is 0. The molecule has 0 spiro atoms. The van der Waals surface area contributed by atoms with Gasteiger partial charge < -0.3 is 14.2 Å². The van der Waals surface area contributed by atoms with Gasteiger partial charge in [0.05, 0.1) is 25.4 Å². The van der Waals surface area contributed by atoms with Crippen molar-refractivity contribution in [2.24, 2.45) is 0 Å². The minimum Gasteiger partial charge on any atom is -0.379 e. The summed E-state index contributed by atoms with van der Waals surface area (Å²) in [6.07, 6.45) is 6.63. The van der Waals surface area contributed by atoms with Crippen molar-refractivity contribution in [3.8, 4) is 0 Å². The van der Waals surface area contributed by atoms with E-state index in [1.165, 1.54) is 12.8 Å². The zero-order chi connectivity index (χ0) is 14.4. The van der Waals surface area contributed by atoms with Gasteiger partial charge in [0.2, 0.25) is 0 Å². The van der Waals surface area contributed by atoms with E-state index in [-0.39, 0.29) is 5.60 Å². The molecule has 0 aliphatic heterocycles. The smallest absolute Gasteiger partial charge is 0.0909 e. The van der Waals surface area contributed by atoms with Gasteiger partial charge >= 0.3 is 0 Å². The first kappa shape index (κ1) is 18.9. The molecule has 0 N–H and O–H groups in total. The molecule has 0 aliphatic rings. The lowest BCUT2D eigenvalue weighted by atomic mass is 9.98. The summed E-state index contributed by atoms with van der Waals surface area (Å²) in [6, 6.07) is 0. The van der Waals surface area contributed by atoms with Crippen molar-refractivity contribution >= 4 is 0 Å². The van der Waals surface area contributed by atoms with Gasteiger partial charge in [-0.2, -0.15) is 0 Å². The Labute approximate surface area is 120 Å². The first-order valence-electron chi connectivity index (χ1n) is 8.04. The van der Waals surface area contributed by atoms with Crippen LogP contribution in [-0.2, 0) is 14.2 Å². The highest BCUT2D eigenvalue weighted by Gasteiger charge is 2.27. The molecular formula is C16H34O3. The highest BCUT2D eigenvalue weighted by atomic mass is 16.6. The molecule has 0 rings (SSSR count). The lowest BCUT2D eigenvalue weighted by molar-refractivity contribution is -0.108. The number of hydrogen-bond donors (Lipinski definition) is 0. The molecule has 0 radical (unpaired) electrons. The Morgan fingerprint density at radius 3 is 1.84 bits per heavy atom. The molecule has 0 unspecified atom stereocenters. The van der Waals surface area contributed by atoms with Crippen LogP contribution in [0.1, 0.15) is 66.2 Å². The van der Waals surface area contributed by atoms with E-state index in [0.717, 1.165) is 38.9 Å². The molecule has 0 saturated carbocycles. The van der Waals surface area contributed by atoms with Gasteiger partial charge in [-0.1, -0.05) is 40.5 Å². The molecule has 0 saturated heterocycles. The van der Waals surface area contributed by atoms with Gasteiger partial charge in [0.15, 0.2) is 0 Å². The molecule has 0 aromatic carbocycles. The highest BCUT2D eigenvalue weighted by Crippen LogP contribution is 2.21. The van der Waals surface area contributed by atoms with Crippen molar-refractivity contribution in [1.82, 2.24) is 0 Å². The second-order valence-corrected chi connectivity index (χ2v) is 5.11. The predicted molar refractivity (Wildman–Crippen MR) is 80.7 cm³/mol. The van der Waals surface area contributed by atoms with Crippen molar-refractivity contribution in [2.45, 2.75) is 71.8 Å². The molecule has 0 atom stereocenters. The summed E-state index contributed by atoms with van der Waals surface area (Å²) < 4.78 is 17.3. The average molecular weight is 274 g/mol. The van der Waals surface area contributed by atoms with E-state index in [1.54, 1.807) is 0 Å². The summed E-state index contributed by atoms with van der Waals surface area (Å²) in [5.74, 6) is 0. The molecule has 3 nitrogen and oxygen atoms in total. The van der Waals surface area contributed by atoms with E-state index < -0.39 is 0 Å². The molecule has 0 amide bonds. The van der Waals surface area contributed by atoms with Gasteiger partial charge in [0, 0.05) is 13.2 Å². The Bertz CT molecular complexity index is 179. The highest BCUT2D eigenvalue weighted by molar-refractivity contribution is 4.77. The summed E-state index contributed by atoms with van der Waals surface area (Å²) in [5.41, 5.74) is -0.0986. The van der Waals surface area contributed by atoms with Gasteiger partial charge in [-0.15, -0.1) is 0 Å². The summed E-state index contributed by atoms with van der Waals surface area (Å²) in [7, 11) is 0. The summed E-state index contributed by atoms with van der Waals surface area (Å²) in [5, 5.41) is 0. The van der Waals surface area contributed by atoms with Crippen molar-refractivity contribution in [3.05, 3.63) is 0 Å². The van der Waals surface area contributed by atoms with Crippen LogP contribution in [0.2, 0.25) is 0 Å². The third-order valence-corrected chi connectivity index (χ3v) is 3.57. The van der Waals surface area contributed by atoms with Crippen LogP contribution in [-0.4, -0.2) is 38.6 Å². The number of ether oxygens (including phenoxy) is 3. The molecule has 0 fully saturated rings. The van der Waals surface area contributed by atoms with Crippen LogP contribution in [0.25, 0.3) is 0 Å². The molecule has 116 valence electrons. The first-order chi connectivity index (χ1) is 9.24. The number of rotatable bonds is 14. The van der Waals surface area contributed by atoms with Gasteiger partial charge in [-0.3, -0.25) is 0 Å². The van der Waals surface area contributed by atoms with E-state index in [0.29, 0.717) is 19.8 Å². The van der Waals surface area contributed by atoms with E-state index in [4.69, 9.17) is 14.2 Å². The first-order valence-corrected chi connectivity index (χ1v) is 8.04. The molecule has 0 aromatic heterocycles. The van der Waals surface area contributed by atoms with Crippen LogP contribution in [0.4, 0.5) is 0 Å². The minimum absolute atomic E-state index is 0.0986. The van der Waals surface area contributed by atoms with Crippen molar-refractivity contribution in [3.63, 3.8) is 0 Å². The third-order valence-electron chi connectivity index (χ3n) is 3.57. The fourth-order valence-corrected chi connectivity index (χ4v) is 1.86. The quantitative estimate of drug-likeness (QED) is 0.444. The van der Waals surface area contributed by atoms with Crippen LogP contribution in [0.3, 0.4) is 0 Å². The Morgan fingerprint density at radius 2 is 1.26 bits per heavy atom. The lowest BCUT2D eigenvalue weighted by Crippen LogP contribution is -2.37. The van der Waals surface area contributed by atoms with E-state index >= 15 is 0 Å². The maximum Gasteiger partial charge on any atom is 0.0909 e. The summed E-state index contributed by atoms with van der Waals surface area (Å²) >= 11 is 0. The zero-order valence-electron chi connectivity index (χ0n) is 13.5. The van der Waals surface area contributed by atoms with Gasteiger partial charge in [0.1, 0.15) is 0 Å². The van der Waals surface area contributed by atoms with Gasteiger partial charge in [-0.05, 0) is 25.7 Å². The maximum absolute atomic E-state index is 6.05. The van der Waals surface area contributed by atoms with Gasteiger partial charge in [-0.25, -0.2) is 0 Å². The van der Waals surface area contributed by atoms with Crippen LogP contribution < -0.4 is 0 Å². The minimum atomic E-state index is -0.0986. The van der Waals surface area contributed by atoms with Crippen LogP contribution in [0.15, 0.2) is 0 Å². The molecular weight excluding hydrogens is 240 g/mol. The zero-order valence-corrected chi connectivity index (χ0v) is 13.5. The van der Waals surface area contributed by atoms with E-state index in [2.05, 4.69) is 27.7 Å². The molecule has 0 aliphatic carbocycles. The predicted octanol–water partition coefficient (Wildman–Crippen LogP) is 4.20.